The molecule has 0 spiro atoms. The second-order valence-corrected chi connectivity index (χ2v) is 13.8. The van der Waals surface area contributed by atoms with E-state index in [1.165, 1.54) is 61.2 Å². The van der Waals surface area contributed by atoms with Crippen LogP contribution in [0.5, 0.6) is 0 Å². The molecule has 47 heavy (non-hydrogen) atoms. The average molecular weight is 621 g/mol. The molecule has 0 atom stereocenters. The Morgan fingerprint density at radius 1 is 0.362 bits per heavy atom. The molecule has 0 amide bonds. The van der Waals surface area contributed by atoms with Gasteiger partial charge in [0, 0.05) is 16.0 Å². The Balaban J connectivity index is 1.18. The highest BCUT2D eigenvalue weighted by Gasteiger charge is 2.46. The summed E-state index contributed by atoms with van der Waals surface area (Å²) in [6.07, 6.45) is 0. The first-order valence-corrected chi connectivity index (χ1v) is 16.8. The predicted molar refractivity (Wildman–Crippen MR) is 197 cm³/mol. The van der Waals surface area contributed by atoms with Crippen molar-refractivity contribution in [2.75, 3.05) is 0 Å². The Morgan fingerprint density at radius 3 is 1.53 bits per heavy atom. The fraction of sp³-hybridized carbons (Fsp3) is 0.0870. The Labute approximate surface area is 282 Å². The van der Waals surface area contributed by atoms with Crippen molar-refractivity contribution < 1.29 is 0 Å². The number of fused-ring (bicyclic) bond motifs is 6. The predicted octanol–water partition coefficient (Wildman–Crippen LogP) is 12.3. The molecular weight excluding hydrogens is 588 g/mol. The van der Waals surface area contributed by atoms with Crippen molar-refractivity contribution in [3.8, 4) is 44.5 Å². The van der Waals surface area contributed by atoms with E-state index in [-0.39, 0.29) is 5.41 Å². The van der Waals surface area contributed by atoms with E-state index in [2.05, 4.69) is 178 Å². The van der Waals surface area contributed by atoms with Gasteiger partial charge >= 0.3 is 0 Å². The summed E-state index contributed by atoms with van der Waals surface area (Å²) in [6, 6.07) is 59.9. The first kappa shape index (κ1) is 28.1. The molecule has 0 aliphatic heterocycles. The van der Waals surface area contributed by atoms with Crippen LogP contribution < -0.4 is 0 Å². The minimum atomic E-state index is -0.439. The van der Waals surface area contributed by atoms with Crippen LogP contribution in [0.4, 0.5) is 0 Å². The topological polar surface area (TPSA) is 0 Å². The third-order valence-electron chi connectivity index (χ3n) is 10.7. The number of benzene rings is 7. The zero-order valence-electron chi connectivity index (χ0n) is 26.5. The van der Waals surface area contributed by atoms with E-state index in [4.69, 9.17) is 11.6 Å². The van der Waals surface area contributed by atoms with Crippen LogP contribution in [0.3, 0.4) is 0 Å². The fourth-order valence-corrected chi connectivity index (χ4v) is 8.73. The maximum atomic E-state index is 7.20. The molecule has 0 saturated heterocycles. The minimum absolute atomic E-state index is 0.00604. The zero-order chi connectivity index (χ0) is 31.8. The molecule has 9 rings (SSSR count). The first-order valence-electron chi connectivity index (χ1n) is 16.4. The molecule has 0 aromatic heterocycles. The summed E-state index contributed by atoms with van der Waals surface area (Å²) in [5, 5.41) is 0.754. The molecular formula is C46H33Cl. The lowest BCUT2D eigenvalue weighted by atomic mass is 9.67. The van der Waals surface area contributed by atoms with Crippen LogP contribution in [0.2, 0.25) is 5.02 Å². The Bertz CT molecular complexity index is 2290. The van der Waals surface area contributed by atoms with Gasteiger partial charge in [-0.1, -0.05) is 171 Å². The van der Waals surface area contributed by atoms with Gasteiger partial charge in [0.25, 0.3) is 0 Å². The highest BCUT2D eigenvalue weighted by molar-refractivity contribution is 6.33. The van der Waals surface area contributed by atoms with Crippen molar-refractivity contribution in [3.05, 3.63) is 202 Å². The van der Waals surface area contributed by atoms with Gasteiger partial charge in [0.1, 0.15) is 0 Å². The van der Waals surface area contributed by atoms with Crippen LogP contribution in [0.1, 0.15) is 47.2 Å². The third-order valence-corrected chi connectivity index (χ3v) is 11.0. The maximum absolute atomic E-state index is 7.20. The van der Waals surface area contributed by atoms with E-state index >= 15 is 0 Å². The highest BCUT2D eigenvalue weighted by Crippen LogP contribution is 2.57. The molecule has 0 unspecified atom stereocenters. The van der Waals surface area contributed by atoms with E-state index in [0.717, 1.165) is 21.7 Å². The molecule has 2 aliphatic rings. The Morgan fingerprint density at radius 2 is 0.851 bits per heavy atom. The quantitative estimate of drug-likeness (QED) is 0.184. The van der Waals surface area contributed by atoms with Crippen LogP contribution in [-0.4, -0.2) is 0 Å². The van der Waals surface area contributed by atoms with Crippen molar-refractivity contribution in [1.29, 1.82) is 0 Å². The average Bonchev–Trinajstić information content (AvgIpc) is 3.54. The van der Waals surface area contributed by atoms with E-state index in [1.807, 2.05) is 0 Å². The highest BCUT2D eigenvalue weighted by atomic mass is 35.5. The van der Waals surface area contributed by atoms with Gasteiger partial charge in [-0.05, 0) is 90.5 Å². The lowest BCUT2D eigenvalue weighted by Crippen LogP contribution is -2.28. The van der Waals surface area contributed by atoms with Gasteiger partial charge < -0.3 is 0 Å². The first-order chi connectivity index (χ1) is 23.0. The van der Waals surface area contributed by atoms with Crippen LogP contribution in [0.15, 0.2) is 164 Å². The summed E-state index contributed by atoms with van der Waals surface area (Å²) >= 11 is 7.20. The van der Waals surface area contributed by atoms with Gasteiger partial charge in [0.15, 0.2) is 0 Å². The summed E-state index contributed by atoms with van der Waals surface area (Å²) in [5.41, 5.74) is 17.1. The summed E-state index contributed by atoms with van der Waals surface area (Å²) in [4.78, 5) is 0. The second kappa shape index (κ2) is 10.4. The fourth-order valence-electron chi connectivity index (χ4n) is 8.44. The summed E-state index contributed by atoms with van der Waals surface area (Å²) in [5.74, 6) is 0. The van der Waals surface area contributed by atoms with Crippen LogP contribution >= 0.6 is 11.6 Å². The third kappa shape index (κ3) is 4.01. The van der Waals surface area contributed by atoms with Gasteiger partial charge in [-0.3, -0.25) is 0 Å². The summed E-state index contributed by atoms with van der Waals surface area (Å²) in [6.45, 7) is 4.64. The smallest absolute Gasteiger partial charge is 0.0713 e. The molecule has 1 heteroatoms. The molecule has 0 heterocycles. The van der Waals surface area contributed by atoms with Crippen LogP contribution in [0, 0.1) is 0 Å². The molecule has 0 saturated carbocycles. The molecule has 2 aliphatic carbocycles. The largest absolute Gasteiger partial charge is 0.0836 e. The van der Waals surface area contributed by atoms with Crippen molar-refractivity contribution in [1.82, 2.24) is 0 Å². The maximum Gasteiger partial charge on any atom is 0.0713 e. The number of halogens is 1. The van der Waals surface area contributed by atoms with Crippen molar-refractivity contribution >= 4 is 11.6 Å². The number of rotatable bonds is 4. The van der Waals surface area contributed by atoms with Gasteiger partial charge in [0.05, 0.1) is 5.41 Å². The monoisotopic (exact) mass is 620 g/mol. The summed E-state index contributed by atoms with van der Waals surface area (Å²) in [7, 11) is 0. The SMILES string of the molecule is CC1(C)c2ccccc2-c2cc(-c3ccc(-c4ccc5c(c4)C(c4ccccc4)(c4ccccc4)c4ccccc4-5)c(Cl)c3)ccc21. The molecule has 7 aromatic rings. The minimum Gasteiger partial charge on any atom is -0.0836 e. The molecule has 0 bridgehead atoms. The van der Waals surface area contributed by atoms with Crippen LogP contribution in [-0.2, 0) is 10.8 Å². The lowest BCUT2D eigenvalue weighted by molar-refractivity contribution is 0.660. The van der Waals surface area contributed by atoms with E-state index in [0.29, 0.717) is 0 Å². The van der Waals surface area contributed by atoms with E-state index in [9.17, 15) is 0 Å². The number of hydrogen-bond donors (Lipinski definition) is 0. The van der Waals surface area contributed by atoms with Crippen molar-refractivity contribution in [2.45, 2.75) is 24.7 Å². The standard InChI is InChI=1S/C46H33Cl/c1-45(2)40-19-11-9-18-37(40)39-27-30(23-26-41(39)45)31-21-24-35(44(47)29-31)32-22-25-38-36-17-10-12-20-42(36)46(43(38)28-32,33-13-5-3-6-14-33)34-15-7-4-8-16-34/h3-29H,1-2H3. The van der Waals surface area contributed by atoms with Gasteiger partial charge in [-0.25, -0.2) is 0 Å². The number of hydrogen-bond acceptors (Lipinski definition) is 0. The van der Waals surface area contributed by atoms with Gasteiger partial charge in [0.2, 0.25) is 0 Å². The molecule has 0 fully saturated rings. The molecule has 0 radical (unpaired) electrons. The zero-order valence-corrected chi connectivity index (χ0v) is 27.2. The van der Waals surface area contributed by atoms with E-state index in [1.54, 1.807) is 0 Å². The van der Waals surface area contributed by atoms with E-state index < -0.39 is 5.41 Å². The van der Waals surface area contributed by atoms with Gasteiger partial charge in [-0.15, -0.1) is 0 Å². The molecule has 7 aromatic carbocycles. The Hall–Kier alpha value is -5.17. The molecule has 224 valence electrons. The Kier molecular flexibility index (Phi) is 6.23. The molecule has 0 nitrogen and oxygen atoms in total. The molecule has 0 N–H and O–H groups in total. The lowest BCUT2D eigenvalue weighted by Gasteiger charge is -2.34. The summed E-state index contributed by atoms with van der Waals surface area (Å²) < 4.78 is 0. The van der Waals surface area contributed by atoms with Crippen molar-refractivity contribution in [3.63, 3.8) is 0 Å². The van der Waals surface area contributed by atoms with Gasteiger partial charge in [-0.2, -0.15) is 0 Å². The normalized spacial score (nSPS) is 14.6. The van der Waals surface area contributed by atoms with Crippen LogP contribution in [0.25, 0.3) is 44.5 Å². The van der Waals surface area contributed by atoms with Crippen molar-refractivity contribution in [2.24, 2.45) is 0 Å². The second-order valence-electron chi connectivity index (χ2n) is 13.4.